The zero-order valence-corrected chi connectivity index (χ0v) is 51.2. The molecule has 0 amide bonds. The highest BCUT2D eigenvalue weighted by Crippen LogP contribution is 2.76. The molecular formula is C60H102O26. The van der Waals surface area contributed by atoms with E-state index >= 15 is 0 Å². The molecule has 4 aliphatic carbocycles. The Morgan fingerprint density at radius 3 is 1.56 bits per heavy atom. The van der Waals surface area contributed by atoms with Crippen molar-refractivity contribution in [2.75, 3.05) is 19.8 Å². The summed E-state index contributed by atoms with van der Waals surface area (Å²) in [6.45, 7) is 18.3. The lowest BCUT2D eigenvalue weighted by molar-refractivity contribution is -0.382. The molecule has 0 aromatic heterocycles. The van der Waals surface area contributed by atoms with Crippen LogP contribution in [0, 0.1) is 45.3 Å². The number of hydrogen-bond donors (Lipinski definition) is 16. The molecule has 16 N–H and O–H groups in total. The van der Waals surface area contributed by atoms with E-state index in [1.807, 2.05) is 20.8 Å². The van der Waals surface area contributed by atoms with Gasteiger partial charge in [-0.25, -0.2) is 0 Å². The summed E-state index contributed by atoms with van der Waals surface area (Å²) in [6, 6.07) is 0. The zero-order chi connectivity index (χ0) is 63.2. The number of aliphatic hydroxyl groups excluding tert-OH is 16. The Morgan fingerprint density at radius 1 is 0.512 bits per heavy atom. The molecule has 0 radical (unpaired) electrons. The van der Waals surface area contributed by atoms with Crippen molar-refractivity contribution in [3.05, 3.63) is 11.6 Å². The predicted molar refractivity (Wildman–Crippen MR) is 296 cm³/mol. The fourth-order valence-electron chi connectivity index (χ4n) is 17.5. The van der Waals surface area contributed by atoms with Crippen LogP contribution in [-0.2, 0) is 47.4 Å². The molecular weight excluding hydrogens is 1140 g/mol. The van der Waals surface area contributed by atoms with Gasteiger partial charge >= 0.3 is 0 Å². The Kier molecular flexibility index (Phi) is 21.1. The molecule has 0 aromatic rings. The second kappa shape index (κ2) is 26.2. The normalized spacial score (nSPS) is 53.8. The average molecular weight is 1240 g/mol. The summed E-state index contributed by atoms with van der Waals surface area (Å²) in [5, 5.41) is 176. The zero-order valence-electron chi connectivity index (χ0n) is 51.2. The van der Waals surface area contributed by atoms with Crippen molar-refractivity contribution in [3.63, 3.8) is 0 Å². The summed E-state index contributed by atoms with van der Waals surface area (Å²) in [6.07, 6.45) is -32.6. The van der Waals surface area contributed by atoms with E-state index < -0.39 is 202 Å². The van der Waals surface area contributed by atoms with Crippen LogP contribution in [0.2, 0.25) is 0 Å². The van der Waals surface area contributed by atoms with E-state index in [1.54, 1.807) is 0 Å². The number of aliphatic hydroxyl groups is 16. The van der Waals surface area contributed by atoms with Crippen LogP contribution in [0.3, 0.4) is 0 Å². The molecule has 9 aliphatic rings. The van der Waals surface area contributed by atoms with Crippen LogP contribution in [0.15, 0.2) is 11.6 Å². The standard InChI is InChI=1S/C60H102O26/c1-24(2)12-11-16-60(10,86-54-49(76)44(71)39(66)30(82-54)22-77-51-46(73)41(68)36(63)25(3)79-51)27-13-18-59(9)35(27)28(62)20-33-57(7)17-15-34(56(5,6)32(57)14-19-58(33,59)8)84-55-50(85-53-48(75)43(70)38(65)29(21-61)81-53)45(72)40(67)31(83-55)23-78-52-47(74)42(69)37(64)26(4)80-52/h12,25-55,61-76H,11,13-23H2,1-10H3/t25-,26-,27?,28?,29-,30-,31-,32?,33?,34?,35?,36+,37+,38-,39-,40-,41-,42-,43+,44+,45+,46-,47-,48-,49-,50-,51-,52-,53+,54+,55+,57?,58?,59-,60+/m1/s1. The molecule has 5 saturated heterocycles. The van der Waals surface area contributed by atoms with E-state index in [9.17, 15) is 81.7 Å². The molecule has 86 heavy (non-hydrogen) atoms. The van der Waals surface area contributed by atoms with Crippen LogP contribution >= 0.6 is 0 Å². The second-order valence-electron chi connectivity index (χ2n) is 28.6. The highest BCUT2D eigenvalue weighted by molar-refractivity contribution is 5.21. The van der Waals surface area contributed by atoms with E-state index in [1.165, 1.54) is 13.8 Å². The molecule has 0 aromatic carbocycles. The Balaban J connectivity index is 0.941. The first-order valence-corrected chi connectivity index (χ1v) is 31.1. The third-order valence-corrected chi connectivity index (χ3v) is 22.9. The fraction of sp³-hybridized carbons (Fsp3) is 0.967. The highest BCUT2D eigenvalue weighted by Gasteiger charge is 2.72. The molecule has 4 saturated carbocycles. The van der Waals surface area contributed by atoms with Gasteiger partial charge in [-0.2, -0.15) is 0 Å². The Bertz CT molecular complexity index is 2280. The molecule has 5 aliphatic heterocycles. The van der Waals surface area contributed by atoms with Crippen molar-refractivity contribution in [1.29, 1.82) is 0 Å². The second-order valence-corrected chi connectivity index (χ2v) is 28.6. The maximum atomic E-state index is 13.0. The van der Waals surface area contributed by atoms with Crippen LogP contribution in [-0.4, -0.2) is 273 Å². The largest absolute Gasteiger partial charge is 0.394 e. The van der Waals surface area contributed by atoms with Crippen LogP contribution < -0.4 is 0 Å². The van der Waals surface area contributed by atoms with Gasteiger partial charge < -0.3 is 129 Å². The van der Waals surface area contributed by atoms with E-state index in [-0.39, 0.29) is 34.5 Å². The van der Waals surface area contributed by atoms with Crippen molar-refractivity contribution >= 4 is 0 Å². The van der Waals surface area contributed by atoms with Crippen molar-refractivity contribution in [2.45, 2.75) is 298 Å². The van der Waals surface area contributed by atoms with Gasteiger partial charge in [0.15, 0.2) is 31.5 Å². The molecule has 0 bridgehead atoms. The molecule has 498 valence electrons. The van der Waals surface area contributed by atoms with Crippen LogP contribution in [0.4, 0.5) is 0 Å². The quantitative estimate of drug-likeness (QED) is 0.0537. The number of fused-ring (bicyclic) bond motifs is 5. The lowest BCUT2D eigenvalue weighted by Crippen LogP contribution is -2.68. The lowest BCUT2D eigenvalue weighted by atomic mass is 9.35. The van der Waals surface area contributed by atoms with Crippen molar-refractivity contribution in [3.8, 4) is 0 Å². The van der Waals surface area contributed by atoms with Gasteiger partial charge in [0, 0.05) is 0 Å². The topological polar surface area (TPSA) is 416 Å². The molecule has 8 unspecified atom stereocenters. The van der Waals surface area contributed by atoms with Gasteiger partial charge in [-0.1, -0.05) is 46.3 Å². The van der Waals surface area contributed by atoms with E-state index in [0.29, 0.717) is 38.5 Å². The van der Waals surface area contributed by atoms with Gasteiger partial charge in [-0.05, 0) is 138 Å². The minimum atomic E-state index is -1.89. The SMILES string of the molecule is CC(C)=CCC[C@](C)(O[C@@H]1O[C@H](CO[C@@H]2O[C@H](C)[C@H](O)[C@@H](O)[C@H]2O)[C@@H](O)[C@H](O)[C@H]1O)C1CC[C@]2(C)C1C(O)CC1C3(C)CCC(O[C@@H]4O[C@H](CO[C@@H]5O[C@H](C)[C@H](O)[C@@H](O)[C@H]5O)[C@@H](O)[C@H](O)[C@H]4O[C@@H]4O[C@H](CO)[C@@H](O)[C@H](O)[C@H]4O)C(C)(C)C3CCC12C. The third kappa shape index (κ3) is 12.3. The molecule has 0 spiro atoms. The lowest BCUT2D eigenvalue weighted by Gasteiger charge is -2.71. The maximum absolute atomic E-state index is 13.0. The molecule has 35 atom stereocenters. The first-order valence-electron chi connectivity index (χ1n) is 31.1. The van der Waals surface area contributed by atoms with Gasteiger partial charge in [-0.15, -0.1) is 0 Å². The van der Waals surface area contributed by atoms with Gasteiger partial charge in [0.1, 0.15) is 110 Å². The molecule has 9 fully saturated rings. The number of allylic oxidation sites excluding steroid dienone is 2. The minimum absolute atomic E-state index is 0.00635. The fourth-order valence-corrected chi connectivity index (χ4v) is 17.5. The summed E-state index contributed by atoms with van der Waals surface area (Å²) in [5.74, 6) is -0.615. The summed E-state index contributed by atoms with van der Waals surface area (Å²) in [4.78, 5) is 0. The number of ether oxygens (including phenoxy) is 10. The maximum Gasteiger partial charge on any atom is 0.187 e. The first-order chi connectivity index (χ1) is 40.2. The summed E-state index contributed by atoms with van der Waals surface area (Å²) in [7, 11) is 0. The number of rotatable bonds is 17. The Labute approximate surface area is 502 Å². The summed E-state index contributed by atoms with van der Waals surface area (Å²) in [5.41, 5.74) is -1.81. The summed E-state index contributed by atoms with van der Waals surface area (Å²) < 4.78 is 61.3. The van der Waals surface area contributed by atoms with Crippen molar-refractivity contribution < 1.29 is 129 Å². The van der Waals surface area contributed by atoms with E-state index in [4.69, 9.17) is 47.4 Å². The van der Waals surface area contributed by atoms with Gasteiger partial charge in [0.05, 0.1) is 49.8 Å². The van der Waals surface area contributed by atoms with Crippen molar-refractivity contribution in [2.24, 2.45) is 45.3 Å². The van der Waals surface area contributed by atoms with Gasteiger partial charge in [0.25, 0.3) is 0 Å². The Hall–Kier alpha value is -1.30. The first kappa shape index (κ1) is 69.1. The molecule has 26 heteroatoms. The van der Waals surface area contributed by atoms with Crippen molar-refractivity contribution in [1.82, 2.24) is 0 Å². The van der Waals surface area contributed by atoms with Crippen LogP contribution in [0.5, 0.6) is 0 Å². The van der Waals surface area contributed by atoms with Crippen LogP contribution in [0.1, 0.15) is 127 Å². The minimum Gasteiger partial charge on any atom is -0.394 e. The van der Waals surface area contributed by atoms with Crippen LogP contribution in [0.25, 0.3) is 0 Å². The Morgan fingerprint density at radius 2 is 1.00 bits per heavy atom. The molecule has 26 nitrogen and oxygen atoms in total. The van der Waals surface area contributed by atoms with E-state index in [2.05, 4.69) is 40.7 Å². The molecule has 5 heterocycles. The third-order valence-electron chi connectivity index (χ3n) is 22.9. The average Bonchev–Trinajstić information content (AvgIpc) is 1.22. The highest BCUT2D eigenvalue weighted by atomic mass is 16.8. The van der Waals surface area contributed by atoms with E-state index in [0.717, 1.165) is 24.8 Å². The monoisotopic (exact) mass is 1240 g/mol. The van der Waals surface area contributed by atoms with Gasteiger partial charge in [0.2, 0.25) is 0 Å². The number of hydrogen-bond acceptors (Lipinski definition) is 26. The summed E-state index contributed by atoms with van der Waals surface area (Å²) >= 11 is 0. The predicted octanol–water partition coefficient (Wildman–Crippen LogP) is -2.32. The van der Waals surface area contributed by atoms with Gasteiger partial charge in [-0.3, -0.25) is 0 Å². The smallest absolute Gasteiger partial charge is 0.187 e. The molecule has 9 rings (SSSR count).